The number of benzene rings is 2. The van der Waals surface area contributed by atoms with Crippen molar-refractivity contribution < 1.29 is 28.5 Å². The van der Waals surface area contributed by atoms with Crippen LogP contribution in [0.1, 0.15) is 19.4 Å². The molecule has 1 amide bonds. The number of nitrogens with one attached hydrogen (secondary N) is 1. The summed E-state index contributed by atoms with van der Waals surface area (Å²) in [5.41, 5.74) is 1.55. The molecule has 2 aromatic rings. The second kappa shape index (κ2) is 10.3. The molecule has 152 valence electrons. The maximum atomic E-state index is 12.3. The molecule has 0 radical (unpaired) electrons. The van der Waals surface area contributed by atoms with Crippen LogP contribution < -0.4 is 29.0 Å². The third kappa shape index (κ3) is 5.45. The van der Waals surface area contributed by atoms with Gasteiger partial charge in [0.15, 0.2) is 29.6 Å². The van der Waals surface area contributed by atoms with E-state index in [9.17, 15) is 4.79 Å². The van der Waals surface area contributed by atoms with Crippen LogP contribution in [0.15, 0.2) is 30.3 Å². The van der Waals surface area contributed by atoms with Gasteiger partial charge in [-0.25, -0.2) is 0 Å². The summed E-state index contributed by atoms with van der Waals surface area (Å²) in [6.07, 6.45) is 0. The van der Waals surface area contributed by atoms with Crippen molar-refractivity contribution in [2.75, 3.05) is 39.4 Å². The van der Waals surface area contributed by atoms with Gasteiger partial charge in [0, 0.05) is 11.8 Å². The Morgan fingerprint density at radius 3 is 2.04 bits per heavy atom. The summed E-state index contributed by atoms with van der Waals surface area (Å²) >= 11 is 0. The van der Waals surface area contributed by atoms with Crippen LogP contribution in [0.5, 0.6) is 28.7 Å². The van der Waals surface area contributed by atoms with Gasteiger partial charge in [-0.1, -0.05) is 0 Å². The molecule has 2 aromatic carbocycles. The van der Waals surface area contributed by atoms with E-state index in [1.807, 2.05) is 32.9 Å². The Labute approximate surface area is 165 Å². The lowest BCUT2D eigenvalue weighted by molar-refractivity contribution is -0.118. The number of methoxy groups -OCH3 is 2. The quantitative estimate of drug-likeness (QED) is 0.666. The number of carbonyl (C=O) groups is 1. The molecule has 2 rings (SSSR count). The van der Waals surface area contributed by atoms with Gasteiger partial charge >= 0.3 is 0 Å². The van der Waals surface area contributed by atoms with Crippen molar-refractivity contribution in [1.29, 1.82) is 0 Å². The van der Waals surface area contributed by atoms with Gasteiger partial charge in [-0.05, 0) is 50.6 Å². The highest BCUT2D eigenvalue weighted by Gasteiger charge is 2.15. The zero-order valence-electron chi connectivity index (χ0n) is 17.0. The molecule has 1 N–H and O–H groups in total. The molecule has 0 bridgehead atoms. The summed E-state index contributed by atoms with van der Waals surface area (Å²) in [5.74, 6) is 2.27. The Bertz CT molecular complexity index is 780. The first-order chi connectivity index (χ1) is 13.5. The van der Waals surface area contributed by atoms with Gasteiger partial charge < -0.3 is 29.0 Å². The fraction of sp³-hybridized carbons (Fsp3) is 0.381. The zero-order chi connectivity index (χ0) is 20.5. The van der Waals surface area contributed by atoms with E-state index in [0.29, 0.717) is 47.6 Å². The van der Waals surface area contributed by atoms with Crippen LogP contribution in [0, 0.1) is 6.92 Å². The topological polar surface area (TPSA) is 75.3 Å². The summed E-state index contributed by atoms with van der Waals surface area (Å²) in [4.78, 5) is 12.3. The second-order valence-corrected chi connectivity index (χ2v) is 5.86. The zero-order valence-corrected chi connectivity index (χ0v) is 17.0. The molecule has 0 atom stereocenters. The summed E-state index contributed by atoms with van der Waals surface area (Å²) in [6, 6.07) is 8.86. The van der Waals surface area contributed by atoms with Crippen LogP contribution >= 0.6 is 0 Å². The number of amides is 1. The van der Waals surface area contributed by atoms with Crippen LogP contribution in [0.3, 0.4) is 0 Å². The van der Waals surface area contributed by atoms with E-state index in [1.54, 1.807) is 18.2 Å². The van der Waals surface area contributed by atoms with E-state index in [2.05, 4.69) is 5.32 Å². The lowest BCUT2D eigenvalue weighted by Crippen LogP contribution is -2.20. The summed E-state index contributed by atoms with van der Waals surface area (Å²) in [6.45, 7) is 6.53. The predicted molar refractivity (Wildman–Crippen MR) is 107 cm³/mol. The second-order valence-electron chi connectivity index (χ2n) is 5.86. The van der Waals surface area contributed by atoms with E-state index in [1.165, 1.54) is 14.2 Å². The minimum atomic E-state index is -0.323. The van der Waals surface area contributed by atoms with Crippen LogP contribution in [-0.2, 0) is 4.79 Å². The largest absolute Gasteiger partial charge is 0.493 e. The van der Waals surface area contributed by atoms with E-state index in [4.69, 9.17) is 23.7 Å². The van der Waals surface area contributed by atoms with E-state index < -0.39 is 0 Å². The normalized spacial score (nSPS) is 10.2. The monoisotopic (exact) mass is 389 g/mol. The first-order valence-corrected chi connectivity index (χ1v) is 9.07. The number of ether oxygens (including phenoxy) is 5. The highest BCUT2D eigenvalue weighted by atomic mass is 16.5. The standard InChI is InChI=1S/C21H27NO6/c1-6-26-16-9-8-15(12-17(16)27-7-2)22-20(23)13-28-21-18(24-4)10-14(3)11-19(21)25-5/h8-12H,6-7,13H2,1-5H3,(H,22,23). The third-order valence-corrected chi connectivity index (χ3v) is 3.78. The van der Waals surface area contributed by atoms with E-state index >= 15 is 0 Å². The molecule has 0 spiro atoms. The molecule has 0 aliphatic heterocycles. The van der Waals surface area contributed by atoms with Crippen LogP contribution in [0.2, 0.25) is 0 Å². The van der Waals surface area contributed by atoms with Crippen molar-refractivity contribution in [3.8, 4) is 28.7 Å². The maximum absolute atomic E-state index is 12.3. The lowest BCUT2D eigenvalue weighted by atomic mass is 10.2. The highest BCUT2D eigenvalue weighted by Crippen LogP contribution is 2.38. The number of aryl methyl sites for hydroxylation is 1. The molecule has 0 aliphatic rings. The molecule has 0 saturated heterocycles. The Morgan fingerprint density at radius 2 is 1.46 bits per heavy atom. The smallest absolute Gasteiger partial charge is 0.262 e. The summed E-state index contributed by atoms with van der Waals surface area (Å²) < 4.78 is 27.4. The van der Waals surface area contributed by atoms with E-state index in [-0.39, 0.29) is 12.5 Å². The van der Waals surface area contributed by atoms with Gasteiger partial charge in [0.1, 0.15) is 0 Å². The Kier molecular flexibility index (Phi) is 7.80. The molecule has 0 fully saturated rings. The number of hydrogen-bond donors (Lipinski definition) is 1. The number of anilines is 1. The Morgan fingerprint density at radius 1 is 0.857 bits per heavy atom. The van der Waals surface area contributed by atoms with Crippen molar-refractivity contribution in [2.24, 2.45) is 0 Å². The van der Waals surface area contributed by atoms with Crippen LogP contribution in [0.25, 0.3) is 0 Å². The van der Waals surface area contributed by atoms with Gasteiger partial charge in [0.2, 0.25) is 5.75 Å². The summed E-state index contributed by atoms with van der Waals surface area (Å²) in [5, 5.41) is 2.79. The average Bonchev–Trinajstić information content (AvgIpc) is 2.68. The van der Waals surface area contributed by atoms with Crippen molar-refractivity contribution in [1.82, 2.24) is 0 Å². The fourth-order valence-corrected chi connectivity index (χ4v) is 2.62. The van der Waals surface area contributed by atoms with Crippen LogP contribution in [0.4, 0.5) is 5.69 Å². The average molecular weight is 389 g/mol. The van der Waals surface area contributed by atoms with Crippen molar-refractivity contribution in [2.45, 2.75) is 20.8 Å². The van der Waals surface area contributed by atoms with Crippen molar-refractivity contribution in [3.05, 3.63) is 35.9 Å². The van der Waals surface area contributed by atoms with Gasteiger partial charge in [0.05, 0.1) is 27.4 Å². The van der Waals surface area contributed by atoms with Gasteiger partial charge in [-0.15, -0.1) is 0 Å². The molecule has 0 unspecified atom stereocenters. The molecule has 0 aromatic heterocycles. The molecule has 28 heavy (non-hydrogen) atoms. The van der Waals surface area contributed by atoms with Gasteiger partial charge in [0.25, 0.3) is 5.91 Å². The predicted octanol–water partition coefficient (Wildman–Crippen LogP) is 3.83. The molecule has 0 heterocycles. The first-order valence-electron chi connectivity index (χ1n) is 9.07. The maximum Gasteiger partial charge on any atom is 0.262 e. The Balaban J connectivity index is 2.08. The molecule has 7 heteroatoms. The SMILES string of the molecule is CCOc1ccc(NC(=O)COc2c(OC)cc(C)cc2OC)cc1OCC. The minimum Gasteiger partial charge on any atom is -0.493 e. The molecular formula is C21H27NO6. The molecule has 0 saturated carbocycles. The lowest BCUT2D eigenvalue weighted by Gasteiger charge is -2.16. The van der Waals surface area contributed by atoms with Gasteiger partial charge in [-0.3, -0.25) is 4.79 Å². The van der Waals surface area contributed by atoms with E-state index in [0.717, 1.165) is 5.56 Å². The molecule has 7 nitrogen and oxygen atoms in total. The third-order valence-electron chi connectivity index (χ3n) is 3.78. The Hall–Kier alpha value is -3.09. The summed E-state index contributed by atoms with van der Waals surface area (Å²) in [7, 11) is 3.08. The van der Waals surface area contributed by atoms with Crippen LogP contribution in [-0.4, -0.2) is 39.9 Å². The molecular weight excluding hydrogens is 362 g/mol. The van der Waals surface area contributed by atoms with Crippen molar-refractivity contribution >= 4 is 11.6 Å². The minimum absolute atomic E-state index is 0.201. The number of rotatable bonds is 10. The first kappa shape index (κ1) is 21.2. The molecule has 0 aliphatic carbocycles. The van der Waals surface area contributed by atoms with Crippen molar-refractivity contribution in [3.63, 3.8) is 0 Å². The highest BCUT2D eigenvalue weighted by molar-refractivity contribution is 5.92. The number of carbonyl (C=O) groups excluding carboxylic acids is 1. The number of hydrogen-bond acceptors (Lipinski definition) is 6. The fourth-order valence-electron chi connectivity index (χ4n) is 2.62. The van der Waals surface area contributed by atoms with Gasteiger partial charge in [-0.2, -0.15) is 0 Å².